The van der Waals surface area contributed by atoms with Crippen molar-refractivity contribution in [1.29, 1.82) is 0 Å². The van der Waals surface area contributed by atoms with Gasteiger partial charge in [-0.05, 0) is 62.7 Å². The molecular weight excluding hydrogens is 488 g/mol. The lowest BCUT2D eigenvalue weighted by atomic mass is 9.39. The second-order valence-electron chi connectivity index (χ2n) is 13.0. The topological polar surface area (TPSA) is 197 Å². The van der Waals surface area contributed by atoms with E-state index in [4.69, 9.17) is 9.47 Å². The monoisotopic (exact) mass is 530 g/mol. The molecule has 0 unspecified atom stereocenters. The Morgan fingerprint density at radius 1 is 0.973 bits per heavy atom. The van der Waals surface area contributed by atoms with Gasteiger partial charge in [0, 0.05) is 11.3 Å². The van der Waals surface area contributed by atoms with Gasteiger partial charge in [0.25, 0.3) is 0 Å². The Kier molecular flexibility index (Phi) is 6.78. The number of aliphatic carboxylic acids is 1. The third kappa shape index (κ3) is 3.62. The van der Waals surface area contributed by atoms with Crippen LogP contribution in [0.25, 0.3) is 0 Å². The van der Waals surface area contributed by atoms with E-state index in [-0.39, 0.29) is 18.3 Å². The number of hydrogen-bond donors (Lipinski definition) is 8. The Labute approximate surface area is 216 Å². The van der Waals surface area contributed by atoms with Crippen LogP contribution in [0.4, 0.5) is 0 Å². The number of carboxylic acid groups (broad SMARTS) is 1. The Hall–Kier alpha value is -0.890. The van der Waals surface area contributed by atoms with Crippen LogP contribution in [0.2, 0.25) is 0 Å². The van der Waals surface area contributed by atoms with Crippen LogP contribution in [-0.4, -0.2) is 109 Å². The van der Waals surface area contributed by atoms with Crippen molar-refractivity contribution in [3.05, 3.63) is 0 Å². The highest BCUT2D eigenvalue weighted by atomic mass is 16.7. The van der Waals surface area contributed by atoms with Gasteiger partial charge in [0.2, 0.25) is 0 Å². The number of aliphatic hydroxyl groups is 7. The van der Waals surface area contributed by atoms with Gasteiger partial charge < -0.3 is 50.3 Å². The van der Waals surface area contributed by atoms with E-state index >= 15 is 0 Å². The number of carbonyl (C=O) groups is 1. The van der Waals surface area contributed by atoms with Gasteiger partial charge in [-0.1, -0.05) is 13.3 Å². The molecule has 0 amide bonds. The predicted molar refractivity (Wildman–Crippen MR) is 126 cm³/mol. The molecule has 4 saturated carbocycles. The fourth-order valence-electron chi connectivity index (χ4n) is 9.67. The fourth-order valence-corrected chi connectivity index (χ4v) is 9.67. The molecule has 212 valence electrons. The minimum atomic E-state index is -1.63. The van der Waals surface area contributed by atoms with E-state index < -0.39 is 89.9 Å². The maximum atomic E-state index is 12.4. The van der Waals surface area contributed by atoms with Crippen LogP contribution in [0.1, 0.15) is 58.8 Å². The van der Waals surface area contributed by atoms with Crippen molar-refractivity contribution >= 4 is 5.97 Å². The summed E-state index contributed by atoms with van der Waals surface area (Å²) >= 11 is 0. The SMILES string of the molecule is C[C@@]12CCC[C@@](C)(C(=O)O)[C@H]1[C@H](O)[C@H](O)[C@@]13C[C@@H](CC[C@@H]21)[C@](CO)(O[C@@H]1O[C@H](CO)[C@@H](O)[C@H](O)[C@H]1O)C3. The molecule has 14 atom stereocenters. The van der Waals surface area contributed by atoms with Crippen LogP contribution in [0.3, 0.4) is 0 Å². The quantitative estimate of drug-likeness (QED) is 0.216. The Bertz CT molecular complexity index is 900. The molecule has 1 heterocycles. The zero-order chi connectivity index (χ0) is 27.1. The van der Waals surface area contributed by atoms with Crippen molar-refractivity contribution in [3.63, 3.8) is 0 Å². The van der Waals surface area contributed by atoms with Crippen molar-refractivity contribution in [2.45, 2.75) is 107 Å². The first-order valence-corrected chi connectivity index (χ1v) is 13.5. The predicted octanol–water partition coefficient (Wildman–Crippen LogP) is -1.03. The zero-order valence-corrected chi connectivity index (χ0v) is 21.4. The lowest BCUT2D eigenvalue weighted by Gasteiger charge is -2.66. The third-order valence-corrected chi connectivity index (χ3v) is 11.3. The van der Waals surface area contributed by atoms with Gasteiger partial charge in [0.15, 0.2) is 6.29 Å². The third-order valence-electron chi connectivity index (χ3n) is 11.3. The lowest BCUT2D eigenvalue weighted by molar-refractivity contribution is -0.335. The Balaban J connectivity index is 1.50. The number of rotatable bonds is 5. The molecule has 5 fully saturated rings. The molecule has 1 spiro atoms. The number of ether oxygens (including phenoxy) is 2. The summed E-state index contributed by atoms with van der Waals surface area (Å²) in [5.74, 6) is -1.98. The molecule has 1 aliphatic heterocycles. The molecule has 0 aromatic heterocycles. The van der Waals surface area contributed by atoms with Crippen molar-refractivity contribution in [2.75, 3.05) is 13.2 Å². The van der Waals surface area contributed by atoms with Crippen LogP contribution in [0.5, 0.6) is 0 Å². The maximum absolute atomic E-state index is 12.4. The van der Waals surface area contributed by atoms with E-state index in [9.17, 15) is 45.6 Å². The second-order valence-corrected chi connectivity index (χ2v) is 13.0. The van der Waals surface area contributed by atoms with Crippen molar-refractivity contribution in [3.8, 4) is 0 Å². The fraction of sp³-hybridized carbons (Fsp3) is 0.962. The zero-order valence-electron chi connectivity index (χ0n) is 21.4. The highest BCUT2D eigenvalue weighted by molar-refractivity contribution is 5.75. The Morgan fingerprint density at radius 3 is 2.30 bits per heavy atom. The van der Waals surface area contributed by atoms with Crippen molar-refractivity contribution in [1.82, 2.24) is 0 Å². The van der Waals surface area contributed by atoms with E-state index in [2.05, 4.69) is 0 Å². The van der Waals surface area contributed by atoms with Crippen LogP contribution in [-0.2, 0) is 14.3 Å². The van der Waals surface area contributed by atoms with Crippen LogP contribution < -0.4 is 0 Å². The molecule has 0 aromatic rings. The first-order valence-electron chi connectivity index (χ1n) is 13.5. The molecular formula is C26H42O11. The molecule has 0 radical (unpaired) electrons. The molecule has 5 rings (SSSR count). The van der Waals surface area contributed by atoms with Crippen LogP contribution >= 0.6 is 0 Å². The Morgan fingerprint density at radius 2 is 1.68 bits per heavy atom. The van der Waals surface area contributed by atoms with E-state index in [1.165, 1.54) is 0 Å². The molecule has 2 bridgehead atoms. The van der Waals surface area contributed by atoms with Gasteiger partial charge in [-0.3, -0.25) is 4.79 Å². The van der Waals surface area contributed by atoms with Crippen molar-refractivity contribution in [2.24, 2.45) is 34.0 Å². The van der Waals surface area contributed by atoms with E-state index in [0.29, 0.717) is 32.1 Å². The summed E-state index contributed by atoms with van der Waals surface area (Å²) in [6, 6.07) is 0. The summed E-state index contributed by atoms with van der Waals surface area (Å²) in [4.78, 5) is 12.4. The normalized spacial score (nSPS) is 57.4. The molecule has 11 heteroatoms. The van der Waals surface area contributed by atoms with E-state index in [1.807, 2.05) is 6.92 Å². The van der Waals surface area contributed by atoms with Gasteiger partial charge in [-0.2, -0.15) is 0 Å². The molecule has 0 aromatic carbocycles. The van der Waals surface area contributed by atoms with E-state index in [1.54, 1.807) is 6.92 Å². The van der Waals surface area contributed by atoms with Crippen LogP contribution in [0, 0.1) is 34.0 Å². The minimum Gasteiger partial charge on any atom is -0.481 e. The molecule has 37 heavy (non-hydrogen) atoms. The second kappa shape index (κ2) is 9.07. The molecule has 5 aliphatic rings. The lowest BCUT2D eigenvalue weighted by Crippen LogP contribution is -2.69. The molecule has 11 nitrogen and oxygen atoms in total. The number of hydrogen-bond acceptors (Lipinski definition) is 10. The smallest absolute Gasteiger partial charge is 0.309 e. The van der Waals surface area contributed by atoms with Gasteiger partial charge in [-0.25, -0.2) is 0 Å². The van der Waals surface area contributed by atoms with Crippen molar-refractivity contribution < 1.29 is 55.1 Å². The summed E-state index contributed by atoms with van der Waals surface area (Å²) in [7, 11) is 0. The molecule has 1 saturated heterocycles. The summed E-state index contributed by atoms with van der Waals surface area (Å²) in [5, 5.41) is 84.6. The summed E-state index contributed by atoms with van der Waals surface area (Å²) in [5.41, 5.74) is -3.84. The highest BCUT2D eigenvalue weighted by Gasteiger charge is 2.74. The largest absolute Gasteiger partial charge is 0.481 e. The average Bonchev–Trinajstić information content (AvgIpc) is 3.10. The summed E-state index contributed by atoms with van der Waals surface area (Å²) in [6.45, 7) is 2.64. The van der Waals surface area contributed by atoms with Crippen LogP contribution in [0.15, 0.2) is 0 Å². The molecule has 8 N–H and O–H groups in total. The minimum absolute atomic E-state index is 0.120. The number of fused-ring (bicyclic) bond motifs is 3. The number of aliphatic hydroxyl groups excluding tert-OH is 7. The average molecular weight is 531 g/mol. The summed E-state index contributed by atoms with van der Waals surface area (Å²) < 4.78 is 11.8. The standard InChI is InChI=1S/C26H42O11/c1-23-6-3-7-24(2,22(34)35)19(23)18(32)20(33)25-8-12(4-5-14(23)25)26(10-25,11-28)37-21-17(31)16(30)15(29)13(9-27)36-21/h12-21,27-33H,3-11H2,1-2H3,(H,34,35)/t12-,13-,14+,15-,16+,17-,18+,19+,20+,21+,23+,24-,25-,26+/m1/s1. The van der Waals surface area contributed by atoms with Gasteiger partial charge in [0.1, 0.15) is 24.4 Å². The van der Waals surface area contributed by atoms with E-state index in [0.717, 1.165) is 6.42 Å². The van der Waals surface area contributed by atoms with Gasteiger partial charge in [-0.15, -0.1) is 0 Å². The summed E-state index contributed by atoms with van der Waals surface area (Å²) in [6.07, 6.45) is -6.18. The van der Waals surface area contributed by atoms with Gasteiger partial charge >= 0.3 is 5.97 Å². The first-order chi connectivity index (χ1) is 17.3. The molecule has 4 aliphatic carbocycles. The number of carboxylic acids is 1. The first kappa shape index (κ1) is 27.7. The maximum Gasteiger partial charge on any atom is 0.309 e. The van der Waals surface area contributed by atoms with Gasteiger partial charge in [0.05, 0.1) is 36.4 Å². The highest BCUT2D eigenvalue weighted by Crippen LogP contribution is 2.73.